The van der Waals surface area contributed by atoms with Gasteiger partial charge in [0.25, 0.3) is 5.91 Å². The number of nitrogens with one attached hydrogen (secondary N) is 2. The Balaban J connectivity index is 1.72. The van der Waals surface area contributed by atoms with E-state index >= 15 is 0 Å². The normalized spacial score (nSPS) is 11.6. The van der Waals surface area contributed by atoms with Crippen molar-refractivity contribution in [2.45, 2.75) is 25.7 Å². The summed E-state index contributed by atoms with van der Waals surface area (Å²) < 4.78 is 0. The minimum atomic E-state index is -0.238. The Morgan fingerprint density at radius 3 is 2.40 bits per heavy atom. The van der Waals surface area contributed by atoms with Gasteiger partial charge in [-0.3, -0.25) is 9.59 Å². The number of phenolic OH excluding ortho intramolecular Hbond substituents is 1. The molecule has 0 aliphatic heterocycles. The number of hydrogen-bond acceptors (Lipinski definition) is 3. The largest absolute Gasteiger partial charge is 0.508 e. The smallest absolute Gasteiger partial charge is 0.251 e. The molecule has 0 radical (unpaired) electrons. The van der Waals surface area contributed by atoms with Crippen molar-refractivity contribution in [3.8, 4) is 5.75 Å². The van der Waals surface area contributed by atoms with Gasteiger partial charge in [-0.05, 0) is 36.6 Å². The zero-order valence-corrected chi connectivity index (χ0v) is 14.4. The molecule has 0 unspecified atom stereocenters. The van der Waals surface area contributed by atoms with Gasteiger partial charge in [-0.1, -0.05) is 43.3 Å². The average Bonchev–Trinajstić information content (AvgIpc) is 2.63. The molecule has 2 aromatic carbocycles. The van der Waals surface area contributed by atoms with E-state index in [2.05, 4.69) is 10.6 Å². The molecule has 5 nitrogen and oxygen atoms in total. The lowest BCUT2D eigenvalue weighted by molar-refractivity contribution is -0.122. The van der Waals surface area contributed by atoms with Crippen LogP contribution >= 0.6 is 0 Å². The summed E-state index contributed by atoms with van der Waals surface area (Å²) in [4.78, 5) is 24.2. The first-order chi connectivity index (χ1) is 12.1. The van der Waals surface area contributed by atoms with Gasteiger partial charge in [-0.25, -0.2) is 0 Å². The number of amides is 2. The van der Waals surface area contributed by atoms with E-state index in [1.165, 1.54) is 12.1 Å². The number of benzene rings is 2. The molecule has 0 saturated carbocycles. The third kappa shape index (κ3) is 5.64. The minimum absolute atomic E-state index is 0.00742. The third-order valence-corrected chi connectivity index (χ3v) is 3.97. The summed E-state index contributed by atoms with van der Waals surface area (Å²) in [5.41, 5.74) is 1.43. The van der Waals surface area contributed by atoms with Crippen LogP contribution in [0.4, 0.5) is 0 Å². The summed E-state index contributed by atoms with van der Waals surface area (Å²) in [6.07, 6.45) is 1.38. The summed E-state index contributed by atoms with van der Waals surface area (Å²) in [7, 11) is 0. The van der Waals surface area contributed by atoms with Crippen molar-refractivity contribution >= 4 is 11.8 Å². The van der Waals surface area contributed by atoms with Crippen molar-refractivity contribution in [1.82, 2.24) is 10.6 Å². The third-order valence-electron chi connectivity index (χ3n) is 3.97. The van der Waals surface area contributed by atoms with Gasteiger partial charge in [-0.2, -0.15) is 0 Å². The van der Waals surface area contributed by atoms with Crippen molar-refractivity contribution in [2.75, 3.05) is 13.1 Å². The minimum Gasteiger partial charge on any atom is -0.508 e. The summed E-state index contributed by atoms with van der Waals surface area (Å²) >= 11 is 0. The molecule has 0 fully saturated rings. The lowest BCUT2D eigenvalue weighted by Crippen LogP contribution is -2.32. The molecule has 0 aromatic heterocycles. The number of aromatic hydroxyl groups is 1. The fourth-order valence-electron chi connectivity index (χ4n) is 2.63. The Labute approximate surface area is 148 Å². The van der Waals surface area contributed by atoms with Crippen LogP contribution in [0.2, 0.25) is 0 Å². The second-order valence-corrected chi connectivity index (χ2v) is 5.82. The maximum Gasteiger partial charge on any atom is 0.251 e. The fraction of sp³-hybridized carbons (Fsp3) is 0.300. The van der Waals surface area contributed by atoms with Crippen LogP contribution in [0.5, 0.6) is 5.75 Å². The van der Waals surface area contributed by atoms with Gasteiger partial charge in [0.2, 0.25) is 5.91 Å². The fourth-order valence-corrected chi connectivity index (χ4v) is 2.63. The van der Waals surface area contributed by atoms with E-state index < -0.39 is 0 Å². The average molecular weight is 340 g/mol. The molecule has 0 bridgehead atoms. The lowest BCUT2D eigenvalue weighted by atomic mass is 9.96. The molecular weight excluding hydrogens is 316 g/mol. The van der Waals surface area contributed by atoms with Crippen molar-refractivity contribution < 1.29 is 14.7 Å². The van der Waals surface area contributed by atoms with E-state index in [4.69, 9.17) is 0 Å². The van der Waals surface area contributed by atoms with E-state index in [1.54, 1.807) is 12.1 Å². The van der Waals surface area contributed by atoms with E-state index in [0.717, 1.165) is 12.0 Å². The molecule has 5 heteroatoms. The monoisotopic (exact) mass is 340 g/mol. The molecule has 2 aromatic rings. The Morgan fingerprint density at radius 1 is 1.00 bits per heavy atom. The highest BCUT2D eigenvalue weighted by molar-refractivity contribution is 5.94. The molecular formula is C20H24N2O3. The Kier molecular flexibility index (Phi) is 7.01. The predicted octanol–water partition coefficient (Wildman–Crippen LogP) is 2.82. The quantitative estimate of drug-likeness (QED) is 0.647. The van der Waals surface area contributed by atoms with E-state index in [1.807, 2.05) is 37.3 Å². The zero-order chi connectivity index (χ0) is 18.1. The van der Waals surface area contributed by atoms with Crippen LogP contribution in [-0.2, 0) is 4.79 Å². The van der Waals surface area contributed by atoms with Gasteiger partial charge in [0.15, 0.2) is 0 Å². The molecule has 25 heavy (non-hydrogen) atoms. The second-order valence-electron chi connectivity index (χ2n) is 5.82. The molecule has 2 rings (SSSR count). The van der Waals surface area contributed by atoms with Gasteiger partial charge in [0.05, 0.1) is 5.92 Å². The molecule has 0 aliphatic rings. The van der Waals surface area contributed by atoms with Crippen molar-refractivity contribution in [3.63, 3.8) is 0 Å². The van der Waals surface area contributed by atoms with Gasteiger partial charge < -0.3 is 15.7 Å². The van der Waals surface area contributed by atoms with Gasteiger partial charge in [0, 0.05) is 18.7 Å². The molecule has 3 N–H and O–H groups in total. The zero-order valence-electron chi connectivity index (χ0n) is 14.4. The Morgan fingerprint density at radius 2 is 1.72 bits per heavy atom. The van der Waals surface area contributed by atoms with E-state index in [9.17, 15) is 14.7 Å². The maximum atomic E-state index is 12.3. The Bertz CT molecular complexity index is 701. The molecule has 132 valence electrons. The SMILES string of the molecule is CC[C@@H](C(=O)NCCCNC(=O)c1cccc(O)c1)c1ccccc1. The molecule has 0 heterocycles. The van der Waals surface area contributed by atoms with Crippen LogP contribution in [0.1, 0.15) is 41.6 Å². The molecule has 0 saturated heterocycles. The van der Waals surface area contributed by atoms with Crippen LogP contribution in [0, 0.1) is 0 Å². The lowest BCUT2D eigenvalue weighted by Gasteiger charge is -2.15. The first-order valence-electron chi connectivity index (χ1n) is 8.51. The van der Waals surface area contributed by atoms with Crippen molar-refractivity contribution in [3.05, 3.63) is 65.7 Å². The number of hydrogen-bond donors (Lipinski definition) is 3. The molecule has 0 spiro atoms. The maximum absolute atomic E-state index is 12.3. The highest BCUT2D eigenvalue weighted by Gasteiger charge is 2.17. The second kappa shape index (κ2) is 9.47. The Hall–Kier alpha value is -2.82. The number of phenols is 1. The van der Waals surface area contributed by atoms with E-state index in [0.29, 0.717) is 25.1 Å². The van der Waals surface area contributed by atoms with Crippen LogP contribution in [-0.4, -0.2) is 30.0 Å². The number of carbonyl (C=O) groups is 2. The number of carbonyl (C=O) groups excluding carboxylic acids is 2. The topological polar surface area (TPSA) is 78.4 Å². The van der Waals surface area contributed by atoms with Crippen molar-refractivity contribution in [1.29, 1.82) is 0 Å². The summed E-state index contributed by atoms with van der Waals surface area (Å²) in [5, 5.41) is 15.1. The van der Waals surface area contributed by atoms with Crippen LogP contribution in [0.25, 0.3) is 0 Å². The summed E-state index contributed by atoms with van der Waals surface area (Å²) in [6, 6.07) is 15.9. The standard InChI is InChI=1S/C20H24N2O3/c1-2-18(15-8-4-3-5-9-15)20(25)22-13-7-12-21-19(24)16-10-6-11-17(23)14-16/h3-6,8-11,14,18,23H,2,7,12-13H2,1H3,(H,21,24)(H,22,25)/t18-/m1/s1. The molecule has 1 atom stereocenters. The van der Waals surface area contributed by atoms with Crippen molar-refractivity contribution in [2.24, 2.45) is 0 Å². The summed E-state index contributed by atoms with van der Waals surface area (Å²) in [6.45, 7) is 2.95. The molecule has 0 aliphatic carbocycles. The predicted molar refractivity (Wildman–Crippen MR) is 97.5 cm³/mol. The van der Waals surface area contributed by atoms with Crippen LogP contribution in [0.15, 0.2) is 54.6 Å². The molecule has 2 amide bonds. The number of rotatable bonds is 8. The highest BCUT2D eigenvalue weighted by atomic mass is 16.3. The van der Waals surface area contributed by atoms with E-state index in [-0.39, 0.29) is 23.5 Å². The summed E-state index contributed by atoms with van der Waals surface area (Å²) in [5.74, 6) is -0.319. The van der Waals surface area contributed by atoms with Crippen LogP contribution in [0.3, 0.4) is 0 Å². The van der Waals surface area contributed by atoms with Gasteiger partial charge in [0.1, 0.15) is 5.75 Å². The first kappa shape index (κ1) is 18.5. The first-order valence-corrected chi connectivity index (χ1v) is 8.51. The van der Waals surface area contributed by atoms with Gasteiger partial charge >= 0.3 is 0 Å². The van der Waals surface area contributed by atoms with Crippen LogP contribution < -0.4 is 10.6 Å². The van der Waals surface area contributed by atoms with Gasteiger partial charge in [-0.15, -0.1) is 0 Å². The highest BCUT2D eigenvalue weighted by Crippen LogP contribution is 2.19.